The lowest BCUT2D eigenvalue weighted by Gasteiger charge is -2.07. The maximum absolute atomic E-state index is 5.23. The Bertz CT molecular complexity index is 527. The monoisotopic (exact) mass is 323 g/mol. The van der Waals surface area contributed by atoms with Gasteiger partial charge in [-0.05, 0) is 25.0 Å². The second-order valence-corrected chi connectivity index (χ2v) is 5.42. The number of hydrogen-bond acceptors (Lipinski definition) is 4. The molecular formula is C14H18BrN3O. The number of halogens is 1. The molecule has 0 fully saturated rings. The Morgan fingerprint density at radius 1 is 1.37 bits per heavy atom. The third-order valence-corrected chi connectivity index (χ3v) is 3.80. The summed E-state index contributed by atoms with van der Waals surface area (Å²) in [7, 11) is 0. The van der Waals surface area contributed by atoms with Crippen molar-refractivity contribution in [2.45, 2.75) is 39.3 Å². The van der Waals surface area contributed by atoms with E-state index in [4.69, 9.17) is 4.52 Å². The minimum Gasteiger partial charge on any atom is -0.338 e. The first-order valence-electron chi connectivity index (χ1n) is 6.47. The van der Waals surface area contributed by atoms with Gasteiger partial charge in [-0.15, -0.1) is 0 Å². The van der Waals surface area contributed by atoms with Gasteiger partial charge in [0.05, 0.1) is 6.54 Å². The molecule has 0 spiro atoms. The van der Waals surface area contributed by atoms with Crippen molar-refractivity contribution in [2.24, 2.45) is 0 Å². The molecule has 0 aliphatic heterocycles. The number of hydrogen-bond donors (Lipinski definition) is 1. The summed E-state index contributed by atoms with van der Waals surface area (Å²) in [5, 5.41) is 7.34. The minimum absolute atomic E-state index is 0.457. The first kappa shape index (κ1) is 14.2. The second-order valence-electron chi connectivity index (χ2n) is 4.56. The SMILES string of the molecule is CCC(C)NCc1nc(Cc2ccccc2Br)no1. The second kappa shape index (κ2) is 6.82. The van der Waals surface area contributed by atoms with Gasteiger partial charge in [-0.2, -0.15) is 4.98 Å². The summed E-state index contributed by atoms with van der Waals surface area (Å²) in [5.41, 5.74) is 1.16. The zero-order valence-corrected chi connectivity index (χ0v) is 12.8. The molecule has 0 radical (unpaired) electrons. The van der Waals surface area contributed by atoms with E-state index < -0.39 is 0 Å². The molecule has 2 rings (SSSR count). The molecular weight excluding hydrogens is 306 g/mol. The molecule has 1 aromatic heterocycles. The van der Waals surface area contributed by atoms with Gasteiger partial charge in [0, 0.05) is 16.9 Å². The number of nitrogens with one attached hydrogen (secondary N) is 1. The predicted octanol–water partition coefficient (Wildman–Crippen LogP) is 3.31. The fourth-order valence-corrected chi connectivity index (χ4v) is 2.08. The molecule has 0 aliphatic rings. The van der Waals surface area contributed by atoms with Gasteiger partial charge in [0.15, 0.2) is 5.82 Å². The Kier molecular flexibility index (Phi) is 5.10. The molecule has 102 valence electrons. The largest absolute Gasteiger partial charge is 0.338 e. The van der Waals surface area contributed by atoms with Gasteiger partial charge in [0.1, 0.15) is 0 Å². The van der Waals surface area contributed by atoms with E-state index in [1.165, 1.54) is 0 Å². The predicted molar refractivity (Wildman–Crippen MR) is 77.8 cm³/mol. The highest BCUT2D eigenvalue weighted by Crippen LogP contribution is 2.18. The van der Waals surface area contributed by atoms with Crippen LogP contribution in [0, 0.1) is 0 Å². The molecule has 5 heteroatoms. The van der Waals surface area contributed by atoms with Gasteiger partial charge in [0.2, 0.25) is 5.89 Å². The maximum Gasteiger partial charge on any atom is 0.240 e. The van der Waals surface area contributed by atoms with E-state index >= 15 is 0 Å². The van der Waals surface area contributed by atoms with Crippen LogP contribution in [0.3, 0.4) is 0 Å². The van der Waals surface area contributed by atoms with Crippen LogP contribution in [-0.4, -0.2) is 16.2 Å². The summed E-state index contributed by atoms with van der Waals surface area (Å²) in [6, 6.07) is 8.52. The van der Waals surface area contributed by atoms with Crippen LogP contribution in [0.15, 0.2) is 33.3 Å². The molecule has 2 aromatic rings. The first-order valence-corrected chi connectivity index (χ1v) is 7.26. The Hall–Kier alpha value is -1.20. The van der Waals surface area contributed by atoms with Gasteiger partial charge in [-0.3, -0.25) is 0 Å². The van der Waals surface area contributed by atoms with Crippen LogP contribution in [0.2, 0.25) is 0 Å². The molecule has 0 saturated carbocycles. The molecule has 1 aromatic carbocycles. The van der Waals surface area contributed by atoms with Crippen molar-refractivity contribution in [3.8, 4) is 0 Å². The zero-order chi connectivity index (χ0) is 13.7. The van der Waals surface area contributed by atoms with Crippen molar-refractivity contribution in [2.75, 3.05) is 0 Å². The number of nitrogens with zero attached hydrogens (tertiary/aromatic N) is 2. The molecule has 0 bridgehead atoms. The number of aromatic nitrogens is 2. The normalized spacial score (nSPS) is 12.6. The van der Waals surface area contributed by atoms with Crippen LogP contribution >= 0.6 is 15.9 Å². The Balaban J connectivity index is 1.96. The van der Waals surface area contributed by atoms with Crippen LogP contribution in [0.1, 0.15) is 37.5 Å². The van der Waals surface area contributed by atoms with Crippen LogP contribution in [0.4, 0.5) is 0 Å². The third-order valence-electron chi connectivity index (χ3n) is 3.03. The molecule has 0 aliphatic carbocycles. The standard InChI is InChI=1S/C14H18BrN3O/c1-3-10(2)16-9-14-17-13(18-19-14)8-11-6-4-5-7-12(11)15/h4-7,10,16H,3,8-9H2,1-2H3. The molecule has 0 amide bonds. The van der Waals surface area contributed by atoms with E-state index in [1.54, 1.807) is 0 Å². The molecule has 19 heavy (non-hydrogen) atoms. The fraction of sp³-hybridized carbons (Fsp3) is 0.429. The summed E-state index contributed by atoms with van der Waals surface area (Å²) in [4.78, 5) is 4.39. The van der Waals surface area contributed by atoms with Crippen molar-refractivity contribution >= 4 is 15.9 Å². The smallest absolute Gasteiger partial charge is 0.240 e. The lowest BCUT2D eigenvalue weighted by molar-refractivity contribution is 0.354. The van der Waals surface area contributed by atoms with Gasteiger partial charge in [-0.25, -0.2) is 0 Å². The molecule has 1 atom stereocenters. The van der Waals surface area contributed by atoms with Gasteiger partial charge < -0.3 is 9.84 Å². The Labute approximate surface area is 121 Å². The Morgan fingerprint density at radius 2 is 2.16 bits per heavy atom. The number of benzene rings is 1. The minimum atomic E-state index is 0.457. The molecule has 0 saturated heterocycles. The highest BCUT2D eigenvalue weighted by atomic mass is 79.9. The van der Waals surface area contributed by atoms with Crippen molar-refractivity contribution in [3.63, 3.8) is 0 Å². The average Bonchev–Trinajstić information content (AvgIpc) is 2.86. The topological polar surface area (TPSA) is 51.0 Å². The number of rotatable bonds is 6. The van der Waals surface area contributed by atoms with Crippen molar-refractivity contribution in [3.05, 3.63) is 46.0 Å². The van der Waals surface area contributed by atoms with E-state index in [0.717, 1.165) is 16.5 Å². The van der Waals surface area contributed by atoms with Gasteiger partial charge in [0.25, 0.3) is 0 Å². The maximum atomic E-state index is 5.23. The van der Waals surface area contributed by atoms with E-state index in [1.807, 2.05) is 18.2 Å². The molecule has 4 nitrogen and oxygen atoms in total. The summed E-state index contributed by atoms with van der Waals surface area (Å²) >= 11 is 3.52. The van der Waals surface area contributed by atoms with E-state index in [-0.39, 0.29) is 0 Å². The molecule has 1 N–H and O–H groups in total. The Morgan fingerprint density at radius 3 is 2.89 bits per heavy atom. The first-order chi connectivity index (χ1) is 9.19. The van der Waals surface area contributed by atoms with E-state index in [2.05, 4.69) is 51.3 Å². The van der Waals surface area contributed by atoms with E-state index in [0.29, 0.717) is 30.7 Å². The molecule has 1 heterocycles. The van der Waals surface area contributed by atoms with E-state index in [9.17, 15) is 0 Å². The zero-order valence-electron chi connectivity index (χ0n) is 11.2. The van der Waals surface area contributed by atoms with Crippen molar-refractivity contribution in [1.82, 2.24) is 15.5 Å². The van der Waals surface area contributed by atoms with Crippen LogP contribution < -0.4 is 5.32 Å². The lowest BCUT2D eigenvalue weighted by atomic mass is 10.1. The van der Waals surface area contributed by atoms with Crippen molar-refractivity contribution < 1.29 is 4.52 Å². The molecule has 1 unspecified atom stereocenters. The highest BCUT2D eigenvalue weighted by molar-refractivity contribution is 9.10. The summed E-state index contributed by atoms with van der Waals surface area (Å²) in [6.45, 7) is 4.90. The fourth-order valence-electron chi connectivity index (χ4n) is 1.65. The summed E-state index contributed by atoms with van der Waals surface area (Å²) < 4.78 is 6.30. The van der Waals surface area contributed by atoms with Crippen LogP contribution in [0.5, 0.6) is 0 Å². The highest BCUT2D eigenvalue weighted by Gasteiger charge is 2.09. The summed E-state index contributed by atoms with van der Waals surface area (Å²) in [5.74, 6) is 1.36. The van der Waals surface area contributed by atoms with Crippen molar-refractivity contribution in [1.29, 1.82) is 0 Å². The van der Waals surface area contributed by atoms with Gasteiger partial charge in [-0.1, -0.05) is 46.2 Å². The van der Waals surface area contributed by atoms with Crippen LogP contribution in [0.25, 0.3) is 0 Å². The third kappa shape index (κ3) is 4.14. The van der Waals surface area contributed by atoms with Crippen LogP contribution in [-0.2, 0) is 13.0 Å². The lowest BCUT2D eigenvalue weighted by Crippen LogP contribution is -2.24. The quantitative estimate of drug-likeness (QED) is 0.886. The average molecular weight is 324 g/mol. The summed E-state index contributed by atoms with van der Waals surface area (Å²) in [6.07, 6.45) is 1.76. The van der Waals surface area contributed by atoms with Gasteiger partial charge >= 0.3 is 0 Å².